The van der Waals surface area contributed by atoms with Crippen LogP contribution < -0.4 is 0 Å². The lowest BCUT2D eigenvalue weighted by Crippen LogP contribution is -2.18. The van der Waals surface area contributed by atoms with Gasteiger partial charge in [0.1, 0.15) is 12.2 Å². The number of hydrogen-bond donors (Lipinski definition) is 0. The van der Waals surface area contributed by atoms with Crippen molar-refractivity contribution in [2.45, 2.75) is 64.3 Å². The second kappa shape index (κ2) is 7.18. The Hall–Kier alpha value is -1.70. The number of hydrogen-bond acceptors (Lipinski definition) is 4. The lowest BCUT2D eigenvalue weighted by molar-refractivity contribution is 0.111. The highest BCUT2D eigenvalue weighted by Crippen LogP contribution is 2.38. The van der Waals surface area contributed by atoms with E-state index in [4.69, 9.17) is 5.26 Å². The zero-order valence-corrected chi connectivity index (χ0v) is 12.1. The molecule has 5 nitrogen and oxygen atoms in total. The third-order valence-electron chi connectivity index (χ3n) is 4.33. The van der Waals surface area contributed by atoms with Crippen LogP contribution in [0.2, 0.25) is 0 Å². The first-order valence-corrected chi connectivity index (χ1v) is 7.55. The minimum absolute atomic E-state index is 0.173. The summed E-state index contributed by atoms with van der Waals surface area (Å²) in [6, 6.07) is 2.08. The van der Waals surface area contributed by atoms with E-state index >= 15 is 0 Å². The van der Waals surface area contributed by atoms with Gasteiger partial charge in [-0.2, -0.15) is 5.26 Å². The van der Waals surface area contributed by atoms with Crippen molar-refractivity contribution in [3.8, 4) is 6.07 Å². The Kier molecular flexibility index (Phi) is 5.28. The molecule has 1 aromatic rings. The highest BCUT2D eigenvalue weighted by molar-refractivity contribution is 5.73. The molecule has 1 fully saturated rings. The molecule has 0 N–H and O–H groups in total. The Morgan fingerprint density at radius 3 is 2.75 bits per heavy atom. The van der Waals surface area contributed by atoms with Crippen LogP contribution in [0.4, 0.5) is 0 Å². The zero-order valence-electron chi connectivity index (χ0n) is 12.1. The topological polar surface area (TPSA) is 71.6 Å². The molecule has 0 atom stereocenters. The number of aldehydes is 1. The monoisotopic (exact) mass is 274 g/mol. The molecule has 5 heteroatoms. The average molecular weight is 274 g/mol. The van der Waals surface area contributed by atoms with Gasteiger partial charge in [0.15, 0.2) is 6.29 Å². The molecule has 2 rings (SSSR count). The van der Waals surface area contributed by atoms with Crippen LogP contribution in [0.15, 0.2) is 0 Å². The SMILES string of the molecule is CCCCC1CCC(c2c(C=O)nnn2CC#N)CC1. The molecule has 0 spiro atoms. The summed E-state index contributed by atoms with van der Waals surface area (Å²) < 4.78 is 1.60. The number of carbonyl (C=O) groups is 1. The first-order valence-electron chi connectivity index (χ1n) is 7.55. The fourth-order valence-electron chi connectivity index (χ4n) is 3.24. The van der Waals surface area contributed by atoms with Gasteiger partial charge >= 0.3 is 0 Å². The molecular weight excluding hydrogens is 252 g/mol. The summed E-state index contributed by atoms with van der Waals surface area (Å²) in [4.78, 5) is 11.1. The molecule has 1 aliphatic carbocycles. The van der Waals surface area contributed by atoms with Crippen LogP contribution in [-0.2, 0) is 6.54 Å². The van der Waals surface area contributed by atoms with Crippen molar-refractivity contribution in [3.05, 3.63) is 11.4 Å². The number of nitrogens with zero attached hydrogens (tertiary/aromatic N) is 4. The van der Waals surface area contributed by atoms with E-state index in [2.05, 4.69) is 23.3 Å². The van der Waals surface area contributed by atoms with Crippen molar-refractivity contribution < 1.29 is 4.79 Å². The quantitative estimate of drug-likeness (QED) is 0.747. The van der Waals surface area contributed by atoms with Gasteiger partial charge in [-0.05, 0) is 31.6 Å². The number of unbranched alkanes of at least 4 members (excludes halogenated alkanes) is 1. The molecule has 0 amide bonds. The minimum atomic E-state index is 0.173. The molecule has 1 aromatic heterocycles. The summed E-state index contributed by atoms with van der Waals surface area (Å²) in [5.74, 6) is 1.16. The van der Waals surface area contributed by atoms with E-state index in [1.165, 1.54) is 32.1 Å². The Labute approximate surface area is 120 Å². The van der Waals surface area contributed by atoms with Crippen LogP contribution in [-0.4, -0.2) is 21.3 Å². The number of aromatic nitrogens is 3. The van der Waals surface area contributed by atoms with Crippen molar-refractivity contribution in [2.24, 2.45) is 5.92 Å². The Balaban J connectivity index is 2.04. The number of carbonyl (C=O) groups excluding carboxylic acids is 1. The standard InChI is InChI=1S/C15H22N4O/c1-2-3-4-12-5-7-13(8-6-12)15-14(11-20)17-18-19(15)10-9-16/h11-13H,2-8,10H2,1H3. The highest BCUT2D eigenvalue weighted by atomic mass is 16.1. The van der Waals surface area contributed by atoms with E-state index in [0.29, 0.717) is 11.6 Å². The molecule has 108 valence electrons. The summed E-state index contributed by atoms with van der Waals surface area (Å²) >= 11 is 0. The van der Waals surface area contributed by atoms with Crippen molar-refractivity contribution >= 4 is 6.29 Å². The van der Waals surface area contributed by atoms with E-state index < -0.39 is 0 Å². The van der Waals surface area contributed by atoms with Crippen LogP contribution in [0, 0.1) is 17.2 Å². The molecule has 0 bridgehead atoms. The smallest absolute Gasteiger partial charge is 0.172 e. The second-order valence-electron chi connectivity index (χ2n) is 5.65. The number of nitriles is 1. The van der Waals surface area contributed by atoms with Gasteiger partial charge in [0.2, 0.25) is 0 Å². The predicted molar refractivity (Wildman–Crippen MR) is 75.2 cm³/mol. The van der Waals surface area contributed by atoms with E-state index in [1.807, 2.05) is 0 Å². The fraction of sp³-hybridized carbons (Fsp3) is 0.733. The highest BCUT2D eigenvalue weighted by Gasteiger charge is 2.27. The summed E-state index contributed by atoms with van der Waals surface area (Å²) in [6.45, 7) is 2.40. The first kappa shape index (κ1) is 14.7. The molecular formula is C15H22N4O. The predicted octanol–water partition coefficient (Wildman–Crippen LogP) is 3.08. The molecule has 20 heavy (non-hydrogen) atoms. The van der Waals surface area contributed by atoms with Crippen molar-refractivity contribution in [2.75, 3.05) is 0 Å². The van der Waals surface area contributed by atoms with Gasteiger partial charge in [-0.15, -0.1) is 5.10 Å². The molecule has 0 radical (unpaired) electrons. The third kappa shape index (κ3) is 3.24. The Bertz CT molecular complexity index is 481. The Morgan fingerprint density at radius 2 is 2.15 bits per heavy atom. The van der Waals surface area contributed by atoms with Crippen molar-refractivity contribution in [1.82, 2.24) is 15.0 Å². The number of rotatable bonds is 6. The van der Waals surface area contributed by atoms with Gasteiger partial charge in [0, 0.05) is 5.92 Å². The Morgan fingerprint density at radius 1 is 1.40 bits per heavy atom. The van der Waals surface area contributed by atoms with Crippen LogP contribution in [0.25, 0.3) is 0 Å². The zero-order chi connectivity index (χ0) is 14.4. The van der Waals surface area contributed by atoms with Gasteiger partial charge in [0.25, 0.3) is 0 Å². The summed E-state index contributed by atoms with van der Waals surface area (Å²) in [7, 11) is 0. The summed E-state index contributed by atoms with van der Waals surface area (Å²) in [5.41, 5.74) is 1.28. The van der Waals surface area contributed by atoms with Gasteiger partial charge in [-0.3, -0.25) is 4.79 Å². The molecule has 1 saturated carbocycles. The molecule has 0 aromatic carbocycles. The third-order valence-corrected chi connectivity index (χ3v) is 4.33. The average Bonchev–Trinajstić information content (AvgIpc) is 2.89. The van der Waals surface area contributed by atoms with Crippen LogP contribution in [0.3, 0.4) is 0 Å². The van der Waals surface area contributed by atoms with Crippen molar-refractivity contribution in [3.63, 3.8) is 0 Å². The summed E-state index contributed by atoms with van der Waals surface area (Å²) in [6.07, 6.45) is 9.22. The normalized spacial score (nSPS) is 22.4. The lowest BCUT2D eigenvalue weighted by atomic mass is 9.78. The summed E-state index contributed by atoms with van der Waals surface area (Å²) in [5, 5.41) is 16.7. The van der Waals surface area contributed by atoms with Gasteiger partial charge in [-0.1, -0.05) is 31.4 Å². The van der Waals surface area contributed by atoms with E-state index in [-0.39, 0.29) is 6.54 Å². The van der Waals surface area contributed by atoms with Crippen LogP contribution in [0.1, 0.15) is 74.0 Å². The molecule has 1 heterocycles. The maximum Gasteiger partial charge on any atom is 0.172 e. The lowest BCUT2D eigenvalue weighted by Gasteiger charge is -2.28. The van der Waals surface area contributed by atoms with Crippen LogP contribution >= 0.6 is 0 Å². The first-order chi connectivity index (χ1) is 9.80. The molecule has 0 aliphatic heterocycles. The van der Waals surface area contributed by atoms with Crippen molar-refractivity contribution in [1.29, 1.82) is 5.26 Å². The molecule has 1 aliphatic rings. The van der Waals surface area contributed by atoms with Gasteiger partial charge < -0.3 is 0 Å². The molecule has 0 unspecified atom stereocenters. The van der Waals surface area contributed by atoms with Crippen LogP contribution in [0.5, 0.6) is 0 Å². The fourth-order valence-corrected chi connectivity index (χ4v) is 3.24. The van der Waals surface area contributed by atoms with E-state index in [0.717, 1.165) is 30.7 Å². The largest absolute Gasteiger partial charge is 0.296 e. The van der Waals surface area contributed by atoms with E-state index in [9.17, 15) is 4.79 Å². The second-order valence-corrected chi connectivity index (χ2v) is 5.65. The van der Waals surface area contributed by atoms with Gasteiger partial charge in [-0.25, -0.2) is 4.68 Å². The maximum atomic E-state index is 11.1. The maximum absolute atomic E-state index is 11.1. The molecule has 0 saturated heterocycles. The van der Waals surface area contributed by atoms with Gasteiger partial charge in [0.05, 0.1) is 11.8 Å². The minimum Gasteiger partial charge on any atom is -0.296 e. The van der Waals surface area contributed by atoms with E-state index in [1.54, 1.807) is 4.68 Å².